The number of aromatic nitrogens is 2. The highest BCUT2D eigenvalue weighted by molar-refractivity contribution is 5.99. The predicted octanol–water partition coefficient (Wildman–Crippen LogP) is 2.49. The van der Waals surface area contributed by atoms with E-state index in [9.17, 15) is 9.59 Å². The fraction of sp³-hybridized carbons (Fsp3) is 0.421. The van der Waals surface area contributed by atoms with Gasteiger partial charge in [0.25, 0.3) is 0 Å². The first-order chi connectivity index (χ1) is 13.0. The van der Waals surface area contributed by atoms with E-state index in [0.29, 0.717) is 11.5 Å². The summed E-state index contributed by atoms with van der Waals surface area (Å²) in [5.74, 6) is 0.593. The Morgan fingerprint density at radius 2 is 2.07 bits per heavy atom. The van der Waals surface area contributed by atoms with E-state index in [2.05, 4.69) is 26.4 Å². The van der Waals surface area contributed by atoms with Gasteiger partial charge >= 0.3 is 6.03 Å². The fourth-order valence-electron chi connectivity index (χ4n) is 3.90. The molecule has 3 amide bonds. The number of carbonyl (C=O) groups excluding carboxylic acids is 2. The van der Waals surface area contributed by atoms with E-state index in [1.807, 2.05) is 38.1 Å². The molecular formula is C19H24N6O2. The number of nitrogens with zero attached hydrogens (tertiary/aromatic N) is 2. The van der Waals surface area contributed by atoms with Gasteiger partial charge in [0.2, 0.25) is 5.91 Å². The van der Waals surface area contributed by atoms with Crippen molar-refractivity contribution in [3.8, 4) is 0 Å². The Hall–Kier alpha value is -2.87. The SMILES string of the molecule is Cc1cccc(NC(=O)Nc2cc(C)nn2C2NC(=O)C3CCCC3N2)c1. The van der Waals surface area contributed by atoms with E-state index in [1.165, 1.54) is 0 Å². The van der Waals surface area contributed by atoms with Crippen molar-refractivity contribution in [3.63, 3.8) is 0 Å². The van der Waals surface area contributed by atoms with E-state index in [1.54, 1.807) is 10.7 Å². The lowest BCUT2D eigenvalue weighted by molar-refractivity contribution is -0.130. The highest BCUT2D eigenvalue weighted by Gasteiger charge is 2.40. The lowest BCUT2D eigenvalue weighted by atomic mass is 10.0. The van der Waals surface area contributed by atoms with E-state index < -0.39 is 6.29 Å². The standard InChI is InChI=1S/C19H24N6O2/c1-11-5-3-6-13(9-11)20-19(27)22-16-10-12(2)24-25(16)18-21-15-8-4-7-14(15)17(26)23-18/h3,5-6,9-10,14-15,18,21H,4,7-8H2,1-2H3,(H,23,26)(H2,20,22,27). The smallest absolute Gasteiger partial charge is 0.322 e. The summed E-state index contributed by atoms with van der Waals surface area (Å²) in [6.07, 6.45) is 2.47. The Morgan fingerprint density at radius 1 is 1.22 bits per heavy atom. The van der Waals surface area contributed by atoms with Crippen LogP contribution < -0.4 is 21.3 Å². The van der Waals surface area contributed by atoms with Gasteiger partial charge in [-0.25, -0.2) is 9.48 Å². The highest BCUT2D eigenvalue weighted by atomic mass is 16.2. The maximum Gasteiger partial charge on any atom is 0.324 e. The van der Waals surface area contributed by atoms with Gasteiger partial charge in [-0.15, -0.1) is 0 Å². The molecule has 1 aromatic heterocycles. The number of hydrogen-bond acceptors (Lipinski definition) is 4. The summed E-state index contributed by atoms with van der Waals surface area (Å²) in [6.45, 7) is 3.82. The largest absolute Gasteiger partial charge is 0.324 e. The first-order valence-corrected chi connectivity index (χ1v) is 9.27. The number of carbonyl (C=O) groups is 2. The van der Waals surface area contributed by atoms with Crippen LogP contribution in [0.3, 0.4) is 0 Å². The van der Waals surface area contributed by atoms with Crippen LogP contribution in [0.5, 0.6) is 0 Å². The van der Waals surface area contributed by atoms with Gasteiger partial charge in [-0.2, -0.15) is 5.10 Å². The molecule has 8 nitrogen and oxygen atoms in total. The maximum absolute atomic E-state index is 12.4. The monoisotopic (exact) mass is 368 g/mol. The molecule has 27 heavy (non-hydrogen) atoms. The van der Waals surface area contributed by atoms with Crippen molar-refractivity contribution < 1.29 is 9.59 Å². The van der Waals surface area contributed by atoms with Crippen molar-refractivity contribution in [2.24, 2.45) is 5.92 Å². The van der Waals surface area contributed by atoms with Crippen LogP contribution in [-0.4, -0.2) is 27.8 Å². The lowest BCUT2D eigenvalue weighted by Crippen LogP contribution is -2.57. The zero-order valence-electron chi connectivity index (χ0n) is 15.5. The van der Waals surface area contributed by atoms with E-state index in [0.717, 1.165) is 30.5 Å². The summed E-state index contributed by atoms with van der Waals surface area (Å²) in [4.78, 5) is 24.8. The summed E-state index contributed by atoms with van der Waals surface area (Å²) < 4.78 is 1.62. The number of urea groups is 1. The normalized spacial score (nSPS) is 24.2. The zero-order valence-corrected chi connectivity index (χ0v) is 15.5. The molecule has 0 bridgehead atoms. The van der Waals surface area contributed by atoms with E-state index in [4.69, 9.17) is 0 Å². The number of aryl methyl sites for hydroxylation is 2. The third-order valence-corrected chi connectivity index (χ3v) is 5.12. The molecule has 1 aliphatic carbocycles. The van der Waals surface area contributed by atoms with Crippen molar-refractivity contribution in [3.05, 3.63) is 41.6 Å². The van der Waals surface area contributed by atoms with Crippen LogP contribution in [0, 0.1) is 19.8 Å². The third kappa shape index (κ3) is 3.66. The molecule has 3 unspecified atom stereocenters. The van der Waals surface area contributed by atoms with Crippen LogP contribution in [0.25, 0.3) is 0 Å². The van der Waals surface area contributed by atoms with Gasteiger partial charge in [0.05, 0.1) is 11.6 Å². The molecule has 4 N–H and O–H groups in total. The lowest BCUT2D eigenvalue weighted by Gasteiger charge is -2.34. The summed E-state index contributed by atoms with van der Waals surface area (Å²) in [5.41, 5.74) is 2.53. The number of hydrogen-bond donors (Lipinski definition) is 4. The van der Waals surface area contributed by atoms with Gasteiger partial charge in [-0.1, -0.05) is 18.6 Å². The first-order valence-electron chi connectivity index (χ1n) is 9.27. The molecule has 0 spiro atoms. The molecule has 3 atom stereocenters. The fourth-order valence-corrected chi connectivity index (χ4v) is 3.90. The van der Waals surface area contributed by atoms with Crippen LogP contribution in [0.2, 0.25) is 0 Å². The molecular weight excluding hydrogens is 344 g/mol. The minimum atomic E-state index is -0.472. The molecule has 1 aromatic carbocycles. The van der Waals surface area contributed by atoms with Gasteiger partial charge in [0.15, 0.2) is 6.29 Å². The molecule has 1 aliphatic heterocycles. The van der Waals surface area contributed by atoms with Crippen molar-refractivity contribution in [2.45, 2.75) is 45.4 Å². The van der Waals surface area contributed by atoms with E-state index in [-0.39, 0.29) is 23.9 Å². The van der Waals surface area contributed by atoms with Crippen LogP contribution in [0.1, 0.15) is 36.8 Å². The Balaban J connectivity index is 1.49. The second kappa shape index (κ2) is 7.03. The molecule has 0 radical (unpaired) electrons. The van der Waals surface area contributed by atoms with Crippen molar-refractivity contribution in [2.75, 3.05) is 10.6 Å². The third-order valence-electron chi connectivity index (χ3n) is 5.12. The number of anilines is 2. The summed E-state index contributed by atoms with van der Waals surface area (Å²) in [5, 5.41) is 16.5. The van der Waals surface area contributed by atoms with Crippen molar-refractivity contribution in [1.82, 2.24) is 20.4 Å². The van der Waals surface area contributed by atoms with Gasteiger partial charge in [-0.05, 0) is 44.4 Å². The molecule has 4 rings (SSSR count). The number of fused-ring (bicyclic) bond motifs is 1. The Bertz CT molecular complexity index is 877. The molecule has 1 saturated carbocycles. The second-order valence-electron chi connectivity index (χ2n) is 7.29. The zero-order chi connectivity index (χ0) is 19.0. The Kier molecular flexibility index (Phi) is 4.57. The van der Waals surface area contributed by atoms with Gasteiger partial charge in [-0.3, -0.25) is 15.4 Å². The minimum absolute atomic E-state index is 0.0268. The molecule has 2 heterocycles. The average molecular weight is 368 g/mol. The molecule has 8 heteroatoms. The number of rotatable bonds is 3. The average Bonchev–Trinajstić information content (AvgIpc) is 3.21. The first kappa shape index (κ1) is 17.5. The summed E-state index contributed by atoms with van der Waals surface area (Å²) in [7, 11) is 0. The second-order valence-corrected chi connectivity index (χ2v) is 7.29. The quantitative estimate of drug-likeness (QED) is 0.669. The minimum Gasteiger partial charge on any atom is -0.322 e. The van der Waals surface area contributed by atoms with E-state index >= 15 is 0 Å². The van der Waals surface area contributed by atoms with Crippen molar-refractivity contribution in [1.29, 1.82) is 0 Å². The maximum atomic E-state index is 12.4. The van der Waals surface area contributed by atoms with Crippen molar-refractivity contribution >= 4 is 23.4 Å². The van der Waals surface area contributed by atoms with Crippen LogP contribution in [-0.2, 0) is 4.79 Å². The Labute approximate surface area is 157 Å². The molecule has 2 aromatic rings. The van der Waals surface area contributed by atoms with Crippen LogP contribution in [0.15, 0.2) is 30.3 Å². The summed E-state index contributed by atoms with van der Waals surface area (Å²) >= 11 is 0. The highest BCUT2D eigenvalue weighted by Crippen LogP contribution is 2.30. The topological polar surface area (TPSA) is 100 Å². The number of benzene rings is 1. The number of nitrogens with one attached hydrogen (secondary N) is 4. The Morgan fingerprint density at radius 3 is 2.89 bits per heavy atom. The van der Waals surface area contributed by atoms with Crippen LogP contribution in [0.4, 0.5) is 16.3 Å². The van der Waals surface area contributed by atoms with Gasteiger partial charge < -0.3 is 10.6 Å². The molecule has 1 saturated heterocycles. The molecule has 2 fully saturated rings. The molecule has 2 aliphatic rings. The van der Waals surface area contributed by atoms with Gasteiger partial charge in [0.1, 0.15) is 5.82 Å². The van der Waals surface area contributed by atoms with Crippen LogP contribution >= 0.6 is 0 Å². The summed E-state index contributed by atoms with van der Waals surface area (Å²) in [6, 6.07) is 9.16. The number of amides is 3. The predicted molar refractivity (Wildman–Crippen MR) is 102 cm³/mol. The molecule has 142 valence electrons. The van der Waals surface area contributed by atoms with Gasteiger partial charge in [0, 0.05) is 17.8 Å².